The zero-order valence-electron chi connectivity index (χ0n) is 12.8. The molecular formula is C16H24N4. The van der Waals surface area contributed by atoms with Crippen molar-refractivity contribution >= 4 is 0 Å². The number of rotatable bonds is 6. The van der Waals surface area contributed by atoms with Crippen LogP contribution in [-0.2, 0) is 19.9 Å². The molecule has 0 spiro atoms. The number of nitrogens with one attached hydrogen (secondary N) is 1. The molecule has 0 radical (unpaired) electrons. The van der Waals surface area contributed by atoms with Crippen molar-refractivity contribution in [2.45, 2.75) is 39.7 Å². The molecule has 4 nitrogen and oxygen atoms in total. The Bertz CT molecular complexity index is 559. The molecule has 1 unspecified atom stereocenters. The van der Waals surface area contributed by atoms with Crippen molar-refractivity contribution in [2.24, 2.45) is 7.05 Å². The van der Waals surface area contributed by atoms with Crippen molar-refractivity contribution in [1.29, 1.82) is 0 Å². The molecule has 1 N–H and O–H groups in total. The van der Waals surface area contributed by atoms with Crippen molar-refractivity contribution < 1.29 is 0 Å². The average molecular weight is 272 g/mol. The van der Waals surface area contributed by atoms with Crippen LogP contribution < -0.4 is 5.32 Å². The zero-order chi connectivity index (χ0) is 14.5. The molecule has 0 amide bonds. The van der Waals surface area contributed by atoms with E-state index in [1.54, 1.807) is 0 Å². The van der Waals surface area contributed by atoms with Gasteiger partial charge in [-0.1, -0.05) is 13.8 Å². The fourth-order valence-electron chi connectivity index (χ4n) is 2.52. The molecule has 0 aliphatic rings. The van der Waals surface area contributed by atoms with E-state index in [-0.39, 0.29) is 6.04 Å². The van der Waals surface area contributed by atoms with Crippen LogP contribution in [0.3, 0.4) is 0 Å². The second kappa shape index (κ2) is 6.66. The number of pyridine rings is 1. The van der Waals surface area contributed by atoms with Crippen LogP contribution in [0.1, 0.15) is 42.4 Å². The van der Waals surface area contributed by atoms with E-state index in [4.69, 9.17) is 0 Å². The Kier molecular flexibility index (Phi) is 4.90. The number of hydrogen-bond acceptors (Lipinski definition) is 3. The number of nitrogens with zero attached hydrogens (tertiary/aromatic N) is 3. The van der Waals surface area contributed by atoms with Gasteiger partial charge in [0.25, 0.3) is 0 Å². The number of aromatic nitrogens is 3. The zero-order valence-corrected chi connectivity index (χ0v) is 12.8. The van der Waals surface area contributed by atoms with Gasteiger partial charge in [0, 0.05) is 37.6 Å². The molecule has 2 heterocycles. The number of hydrogen-bond donors (Lipinski definition) is 1. The first-order valence-corrected chi connectivity index (χ1v) is 7.31. The van der Waals surface area contributed by atoms with Crippen LogP contribution in [0.15, 0.2) is 24.5 Å². The summed E-state index contributed by atoms with van der Waals surface area (Å²) in [5.74, 6) is 0. The molecule has 20 heavy (non-hydrogen) atoms. The minimum Gasteiger partial charge on any atom is -0.310 e. The monoisotopic (exact) mass is 272 g/mol. The third-order valence-corrected chi connectivity index (χ3v) is 3.71. The topological polar surface area (TPSA) is 42.7 Å². The summed E-state index contributed by atoms with van der Waals surface area (Å²) >= 11 is 0. The molecule has 0 aromatic carbocycles. The summed E-state index contributed by atoms with van der Waals surface area (Å²) in [4.78, 5) is 4.27. The average Bonchev–Trinajstić information content (AvgIpc) is 2.80. The first kappa shape index (κ1) is 14.7. The molecule has 1 atom stereocenters. The first-order valence-electron chi connectivity index (χ1n) is 7.31. The Labute approximate surface area is 121 Å². The second-order valence-corrected chi connectivity index (χ2v) is 5.15. The maximum atomic E-state index is 4.53. The van der Waals surface area contributed by atoms with E-state index in [9.17, 15) is 0 Å². The third-order valence-electron chi connectivity index (χ3n) is 3.71. The van der Waals surface area contributed by atoms with E-state index in [2.05, 4.69) is 48.3 Å². The molecule has 108 valence electrons. The predicted molar refractivity (Wildman–Crippen MR) is 81.7 cm³/mol. The van der Waals surface area contributed by atoms with Gasteiger partial charge in [0.15, 0.2) is 0 Å². The molecule has 4 heteroatoms. The van der Waals surface area contributed by atoms with E-state index < -0.39 is 0 Å². The highest BCUT2D eigenvalue weighted by molar-refractivity contribution is 5.27. The normalized spacial score (nSPS) is 12.6. The summed E-state index contributed by atoms with van der Waals surface area (Å²) in [6, 6.07) is 4.56. The minimum atomic E-state index is 0.286. The SMILES string of the molecule is CCNC(Cc1cc(CC)nn1C)c1cnccc1C. The maximum absolute atomic E-state index is 4.53. The molecule has 2 aromatic rings. The molecule has 0 saturated heterocycles. The van der Waals surface area contributed by atoms with E-state index in [1.165, 1.54) is 16.8 Å². The smallest absolute Gasteiger partial charge is 0.0624 e. The molecule has 0 saturated carbocycles. The minimum absolute atomic E-state index is 0.286. The fourth-order valence-corrected chi connectivity index (χ4v) is 2.52. The Hall–Kier alpha value is -1.68. The summed E-state index contributed by atoms with van der Waals surface area (Å²) < 4.78 is 1.99. The Morgan fingerprint density at radius 2 is 2.15 bits per heavy atom. The Morgan fingerprint density at radius 3 is 2.75 bits per heavy atom. The van der Waals surface area contributed by atoms with Gasteiger partial charge in [-0.2, -0.15) is 5.10 Å². The van der Waals surface area contributed by atoms with Gasteiger partial charge >= 0.3 is 0 Å². The molecule has 0 aliphatic heterocycles. The van der Waals surface area contributed by atoms with Gasteiger partial charge < -0.3 is 5.32 Å². The van der Waals surface area contributed by atoms with Crippen LogP contribution in [0, 0.1) is 6.92 Å². The lowest BCUT2D eigenvalue weighted by Gasteiger charge is -2.20. The van der Waals surface area contributed by atoms with Gasteiger partial charge in [-0.3, -0.25) is 9.67 Å². The highest BCUT2D eigenvalue weighted by atomic mass is 15.3. The van der Waals surface area contributed by atoms with Gasteiger partial charge in [-0.15, -0.1) is 0 Å². The summed E-state index contributed by atoms with van der Waals surface area (Å²) in [5.41, 5.74) is 4.97. The Balaban J connectivity index is 2.25. The van der Waals surface area contributed by atoms with E-state index in [0.29, 0.717) is 0 Å². The fraction of sp³-hybridized carbons (Fsp3) is 0.500. The highest BCUT2D eigenvalue weighted by Crippen LogP contribution is 2.21. The third kappa shape index (κ3) is 3.25. The molecule has 0 bridgehead atoms. The summed E-state index contributed by atoms with van der Waals surface area (Å²) in [5, 5.41) is 8.09. The lowest BCUT2D eigenvalue weighted by Crippen LogP contribution is -2.24. The maximum Gasteiger partial charge on any atom is 0.0624 e. The van der Waals surface area contributed by atoms with Gasteiger partial charge in [0.05, 0.1) is 5.69 Å². The second-order valence-electron chi connectivity index (χ2n) is 5.15. The van der Waals surface area contributed by atoms with E-state index in [0.717, 1.165) is 25.1 Å². The van der Waals surface area contributed by atoms with Crippen molar-refractivity contribution in [3.05, 3.63) is 47.0 Å². The molecule has 2 aromatic heterocycles. The van der Waals surface area contributed by atoms with Crippen molar-refractivity contribution in [3.8, 4) is 0 Å². The van der Waals surface area contributed by atoms with E-state index >= 15 is 0 Å². The van der Waals surface area contributed by atoms with Crippen LogP contribution in [0.5, 0.6) is 0 Å². The first-order chi connectivity index (χ1) is 9.65. The van der Waals surface area contributed by atoms with Crippen LogP contribution in [0.4, 0.5) is 0 Å². The van der Waals surface area contributed by atoms with Crippen molar-refractivity contribution in [3.63, 3.8) is 0 Å². The molecular weight excluding hydrogens is 248 g/mol. The molecule has 2 rings (SSSR count). The molecule has 0 fully saturated rings. The predicted octanol–water partition coefficient (Wildman–Crippen LogP) is 2.58. The lowest BCUT2D eigenvalue weighted by atomic mass is 9.99. The Morgan fingerprint density at radius 1 is 1.35 bits per heavy atom. The molecule has 0 aliphatic carbocycles. The van der Waals surface area contributed by atoms with Gasteiger partial charge in [-0.25, -0.2) is 0 Å². The van der Waals surface area contributed by atoms with Crippen LogP contribution >= 0.6 is 0 Å². The summed E-state index contributed by atoms with van der Waals surface area (Å²) in [6.07, 6.45) is 5.73. The highest BCUT2D eigenvalue weighted by Gasteiger charge is 2.16. The standard InChI is InChI=1S/C16H24N4/c1-5-13-9-14(20(4)19-13)10-16(18-6-2)15-11-17-8-7-12(15)3/h7-9,11,16,18H,5-6,10H2,1-4H3. The summed E-state index contributed by atoms with van der Waals surface area (Å²) in [7, 11) is 2.02. The van der Waals surface area contributed by atoms with Crippen LogP contribution in [0.25, 0.3) is 0 Å². The van der Waals surface area contributed by atoms with Gasteiger partial charge in [-0.05, 0) is 43.1 Å². The van der Waals surface area contributed by atoms with Crippen LogP contribution in [0.2, 0.25) is 0 Å². The number of likely N-dealkylation sites (N-methyl/N-ethyl adjacent to an activating group) is 1. The summed E-state index contributed by atoms with van der Waals surface area (Å²) in [6.45, 7) is 7.36. The largest absolute Gasteiger partial charge is 0.310 e. The van der Waals surface area contributed by atoms with Gasteiger partial charge in [0.1, 0.15) is 0 Å². The quantitative estimate of drug-likeness (QED) is 0.879. The number of aryl methyl sites for hydroxylation is 3. The van der Waals surface area contributed by atoms with Crippen LogP contribution in [-0.4, -0.2) is 21.3 Å². The lowest BCUT2D eigenvalue weighted by molar-refractivity contribution is 0.525. The van der Waals surface area contributed by atoms with Gasteiger partial charge in [0.2, 0.25) is 0 Å². The van der Waals surface area contributed by atoms with Crippen molar-refractivity contribution in [2.75, 3.05) is 6.54 Å². The van der Waals surface area contributed by atoms with Crippen molar-refractivity contribution in [1.82, 2.24) is 20.1 Å². The van der Waals surface area contributed by atoms with E-state index in [1.807, 2.05) is 24.1 Å².